The van der Waals surface area contributed by atoms with E-state index >= 15 is 0 Å². The highest BCUT2D eigenvalue weighted by atomic mass is 79.9. The first-order valence-electron chi connectivity index (χ1n) is 6.45. The first-order chi connectivity index (χ1) is 8.65. The van der Waals surface area contributed by atoms with Crippen LogP contribution in [0.15, 0.2) is 28.7 Å². The number of fused-ring (bicyclic) bond motifs is 1. The number of nitrogens with zero attached hydrogens (tertiary/aromatic N) is 1. The summed E-state index contributed by atoms with van der Waals surface area (Å²) >= 11 is 3.41. The zero-order valence-corrected chi connectivity index (χ0v) is 13.0. The van der Waals surface area contributed by atoms with E-state index in [1.807, 2.05) is 29.2 Å². The van der Waals surface area contributed by atoms with Crippen LogP contribution in [0.1, 0.15) is 23.2 Å². The van der Waals surface area contributed by atoms with Gasteiger partial charge in [0, 0.05) is 29.2 Å². The van der Waals surface area contributed by atoms with Crippen LogP contribution in [0.25, 0.3) is 0 Å². The molecular formula is C14H18BrClN2O. The molecule has 1 aliphatic carbocycles. The standard InChI is InChI=1S/C14H17BrN2O.ClH/c15-11-3-1-2-9(6-11)14(18)17-7-10-4-5-13(16)12(10)8-17;/h1-3,6,10,12-13H,4-5,7-8,16H2;1H. The molecule has 3 nitrogen and oxygen atoms in total. The first-order valence-corrected chi connectivity index (χ1v) is 7.25. The summed E-state index contributed by atoms with van der Waals surface area (Å²) in [5.41, 5.74) is 6.86. The fourth-order valence-corrected chi connectivity index (χ4v) is 3.68. The van der Waals surface area contributed by atoms with Gasteiger partial charge in [-0.25, -0.2) is 0 Å². The van der Waals surface area contributed by atoms with E-state index in [-0.39, 0.29) is 24.4 Å². The number of halogens is 2. The van der Waals surface area contributed by atoms with E-state index in [2.05, 4.69) is 15.9 Å². The van der Waals surface area contributed by atoms with Gasteiger partial charge in [0.25, 0.3) is 5.91 Å². The summed E-state index contributed by atoms with van der Waals surface area (Å²) in [6.45, 7) is 1.71. The van der Waals surface area contributed by atoms with Crippen molar-refractivity contribution in [3.05, 3.63) is 34.3 Å². The van der Waals surface area contributed by atoms with Gasteiger partial charge in [-0.2, -0.15) is 0 Å². The summed E-state index contributed by atoms with van der Waals surface area (Å²) in [5.74, 6) is 1.27. The summed E-state index contributed by atoms with van der Waals surface area (Å²) in [4.78, 5) is 14.4. The molecule has 3 atom stereocenters. The second-order valence-corrected chi connectivity index (χ2v) is 6.30. The van der Waals surface area contributed by atoms with Crippen molar-refractivity contribution in [2.75, 3.05) is 13.1 Å². The Kier molecular flexibility index (Phi) is 4.54. The highest BCUT2D eigenvalue weighted by Gasteiger charge is 2.42. The molecule has 1 aromatic rings. The van der Waals surface area contributed by atoms with E-state index < -0.39 is 0 Å². The molecule has 0 spiro atoms. The van der Waals surface area contributed by atoms with Crippen LogP contribution in [-0.2, 0) is 0 Å². The molecule has 104 valence electrons. The lowest BCUT2D eigenvalue weighted by molar-refractivity contribution is 0.0779. The number of carbonyl (C=O) groups is 1. The number of likely N-dealkylation sites (tertiary alicyclic amines) is 1. The Hall–Kier alpha value is -0.580. The summed E-state index contributed by atoms with van der Waals surface area (Å²) in [6, 6.07) is 7.89. The van der Waals surface area contributed by atoms with Crippen molar-refractivity contribution in [3.8, 4) is 0 Å². The van der Waals surface area contributed by atoms with Crippen LogP contribution in [0, 0.1) is 11.8 Å². The third kappa shape index (κ3) is 2.81. The zero-order chi connectivity index (χ0) is 12.7. The molecule has 1 aromatic carbocycles. The maximum Gasteiger partial charge on any atom is 0.253 e. The average Bonchev–Trinajstić information content (AvgIpc) is 2.91. The van der Waals surface area contributed by atoms with Crippen LogP contribution in [0.5, 0.6) is 0 Å². The van der Waals surface area contributed by atoms with Crippen LogP contribution in [-0.4, -0.2) is 29.9 Å². The number of hydrogen-bond donors (Lipinski definition) is 1. The molecule has 3 unspecified atom stereocenters. The second-order valence-electron chi connectivity index (χ2n) is 5.39. The highest BCUT2D eigenvalue weighted by molar-refractivity contribution is 9.10. The van der Waals surface area contributed by atoms with E-state index in [4.69, 9.17) is 5.73 Å². The van der Waals surface area contributed by atoms with Gasteiger partial charge in [-0.3, -0.25) is 4.79 Å². The number of nitrogens with two attached hydrogens (primary N) is 1. The molecule has 1 saturated carbocycles. The van der Waals surface area contributed by atoms with Gasteiger partial charge in [-0.1, -0.05) is 22.0 Å². The van der Waals surface area contributed by atoms with Crippen molar-refractivity contribution >= 4 is 34.2 Å². The number of amides is 1. The zero-order valence-electron chi connectivity index (χ0n) is 10.6. The lowest BCUT2D eigenvalue weighted by atomic mass is 9.98. The van der Waals surface area contributed by atoms with Gasteiger partial charge in [0.2, 0.25) is 0 Å². The third-order valence-electron chi connectivity index (χ3n) is 4.27. The maximum atomic E-state index is 12.4. The predicted octanol–water partition coefficient (Wildman–Crippen LogP) is 2.68. The molecule has 0 bridgehead atoms. The van der Waals surface area contributed by atoms with E-state index in [1.54, 1.807) is 0 Å². The number of carbonyl (C=O) groups excluding carboxylic acids is 1. The van der Waals surface area contributed by atoms with Crippen LogP contribution in [0.2, 0.25) is 0 Å². The molecule has 1 heterocycles. The Bertz CT molecular complexity index is 482. The van der Waals surface area contributed by atoms with Gasteiger partial charge >= 0.3 is 0 Å². The highest BCUT2D eigenvalue weighted by Crippen LogP contribution is 2.37. The normalized spacial score (nSPS) is 28.9. The molecule has 2 aliphatic rings. The van der Waals surface area contributed by atoms with Crippen LogP contribution in [0.3, 0.4) is 0 Å². The molecule has 3 rings (SSSR count). The van der Waals surface area contributed by atoms with Crippen molar-refractivity contribution < 1.29 is 4.79 Å². The molecular weight excluding hydrogens is 328 g/mol. The third-order valence-corrected chi connectivity index (χ3v) is 4.76. The van der Waals surface area contributed by atoms with E-state index in [9.17, 15) is 4.79 Å². The van der Waals surface area contributed by atoms with Crippen LogP contribution >= 0.6 is 28.3 Å². The SMILES string of the molecule is Cl.NC1CCC2CN(C(=O)c3cccc(Br)c3)CC12. The molecule has 1 aliphatic heterocycles. The fourth-order valence-electron chi connectivity index (χ4n) is 3.28. The molecule has 5 heteroatoms. The van der Waals surface area contributed by atoms with Gasteiger partial charge in [0.1, 0.15) is 0 Å². The van der Waals surface area contributed by atoms with Crippen molar-refractivity contribution in [3.63, 3.8) is 0 Å². The fraction of sp³-hybridized carbons (Fsp3) is 0.500. The molecule has 1 amide bonds. The van der Waals surface area contributed by atoms with E-state index in [0.29, 0.717) is 11.8 Å². The second kappa shape index (κ2) is 5.81. The van der Waals surface area contributed by atoms with E-state index in [0.717, 1.165) is 29.5 Å². The quantitative estimate of drug-likeness (QED) is 0.850. The van der Waals surface area contributed by atoms with Gasteiger partial charge < -0.3 is 10.6 Å². The Labute approximate surface area is 128 Å². The predicted molar refractivity (Wildman–Crippen MR) is 81.5 cm³/mol. The lowest BCUT2D eigenvalue weighted by Gasteiger charge is -2.18. The van der Waals surface area contributed by atoms with Gasteiger partial charge in [-0.15, -0.1) is 12.4 Å². The van der Waals surface area contributed by atoms with Gasteiger partial charge in [0.05, 0.1) is 0 Å². The summed E-state index contributed by atoms with van der Waals surface area (Å²) in [7, 11) is 0. The van der Waals surface area contributed by atoms with Crippen molar-refractivity contribution in [1.29, 1.82) is 0 Å². The largest absolute Gasteiger partial charge is 0.338 e. The van der Waals surface area contributed by atoms with Gasteiger partial charge in [-0.05, 0) is 42.9 Å². The minimum Gasteiger partial charge on any atom is -0.338 e. The topological polar surface area (TPSA) is 46.3 Å². The van der Waals surface area contributed by atoms with E-state index in [1.165, 1.54) is 6.42 Å². The lowest BCUT2D eigenvalue weighted by Crippen LogP contribution is -2.33. The molecule has 2 N–H and O–H groups in total. The molecule has 0 radical (unpaired) electrons. The average molecular weight is 346 g/mol. The smallest absolute Gasteiger partial charge is 0.253 e. The maximum absolute atomic E-state index is 12.4. The van der Waals surface area contributed by atoms with Crippen molar-refractivity contribution in [1.82, 2.24) is 4.90 Å². The Morgan fingerprint density at radius 1 is 1.32 bits per heavy atom. The molecule has 2 fully saturated rings. The first kappa shape index (κ1) is 14.8. The molecule has 0 aromatic heterocycles. The Morgan fingerprint density at radius 2 is 2.11 bits per heavy atom. The minimum atomic E-state index is 0. The van der Waals surface area contributed by atoms with Crippen LogP contribution in [0.4, 0.5) is 0 Å². The van der Waals surface area contributed by atoms with Gasteiger partial charge in [0.15, 0.2) is 0 Å². The Balaban J connectivity index is 0.00000133. The molecule has 19 heavy (non-hydrogen) atoms. The number of hydrogen-bond acceptors (Lipinski definition) is 2. The summed E-state index contributed by atoms with van der Waals surface area (Å²) < 4.78 is 0.949. The minimum absolute atomic E-state index is 0. The Morgan fingerprint density at radius 3 is 2.79 bits per heavy atom. The summed E-state index contributed by atoms with van der Waals surface area (Å²) in [5, 5.41) is 0. The number of benzene rings is 1. The molecule has 1 saturated heterocycles. The van der Waals surface area contributed by atoms with Crippen molar-refractivity contribution in [2.45, 2.75) is 18.9 Å². The van der Waals surface area contributed by atoms with Crippen LogP contribution < -0.4 is 5.73 Å². The monoisotopic (exact) mass is 344 g/mol. The summed E-state index contributed by atoms with van der Waals surface area (Å²) in [6.07, 6.45) is 2.29. The van der Waals surface area contributed by atoms with Crippen molar-refractivity contribution in [2.24, 2.45) is 17.6 Å². The number of rotatable bonds is 1.